The van der Waals surface area contributed by atoms with Gasteiger partial charge in [-0.15, -0.1) is 0 Å². The molecule has 3 aromatic rings. The number of benzene rings is 2. The summed E-state index contributed by atoms with van der Waals surface area (Å²) in [7, 11) is -3.66. The maximum Gasteiger partial charge on any atom is 0.238 e. The Kier molecular flexibility index (Phi) is 4.99. The lowest BCUT2D eigenvalue weighted by atomic mass is 9.90. The molecule has 3 N–H and O–H groups in total. The predicted molar refractivity (Wildman–Crippen MR) is 106 cm³/mol. The molecule has 1 saturated heterocycles. The summed E-state index contributed by atoms with van der Waals surface area (Å²) >= 11 is 0. The number of hydrogen-bond acceptors (Lipinski definition) is 4. The molecule has 1 aromatic heterocycles. The summed E-state index contributed by atoms with van der Waals surface area (Å²) in [5, 5.41) is 13.5. The van der Waals surface area contributed by atoms with E-state index in [1.54, 1.807) is 18.2 Å². The molecule has 1 atom stereocenters. The topological polar surface area (TPSA) is 92.1 Å². The van der Waals surface area contributed by atoms with Gasteiger partial charge >= 0.3 is 0 Å². The lowest BCUT2D eigenvalue weighted by molar-refractivity contribution is 0.167. The molecule has 2 heterocycles. The first kappa shape index (κ1) is 18.2. The first-order chi connectivity index (χ1) is 13.0. The largest absolute Gasteiger partial charge is 0.299 e. The van der Waals surface area contributed by atoms with Crippen molar-refractivity contribution in [3.8, 4) is 0 Å². The second-order valence-corrected chi connectivity index (χ2v) is 8.99. The molecule has 2 aromatic carbocycles. The summed E-state index contributed by atoms with van der Waals surface area (Å²) in [4.78, 5) is 2.59. The highest BCUT2D eigenvalue weighted by molar-refractivity contribution is 7.89. The van der Waals surface area contributed by atoms with Gasteiger partial charge < -0.3 is 0 Å². The summed E-state index contributed by atoms with van der Waals surface area (Å²) < 4.78 is 23.1. The predicted octanol–water partition coefficient (Wildman–Crippen LogP) is 2.67. The Morgan fingerprint density at radius 3 is 2.93 bits per heavy atom. The summed E-state index contributed by atoms with van der Waals surface area (Å²) in [6.45, 7) is 2.81. The van der Waals surface area contributed by atoms with Crippen LogP contribution in [0.1, 0.15) is 24.0 Å². The maximum absolute atomic E-state index is 11.6. The second-order valence-electron chi connectivity index (χ2n) is 7.43. The second kappa shape index (κ2) is 7.42. The number of rotatable bonds is 5. The molecule has 1 fully saturated rings. The fourth-order valence-electron chi connectivity index (χ4n) is 3.99. The Balaban J connectivity index is 1.42. The average Bonchev–Trinajstić information content (AvgIpc) is 3.09. The molecule has 6 nitrogen and oxygen atoms in total. The van der Waals surface area contributed by atoms with Gasteiger partial charge in [-0.25, -0.2) is 13.6 Å². The van der Waals surface area contributed by atoms with Gasteiger partial charge in [0, 0.05) is 18.5 Å². The van der Waals surface area contributed by atoms with Gasteiger partial charge in [-0.1, -0.05) is 18.2 Å². The fourth-order valence-corrected chi connectivity index (χ4v) is 4.58. The minimum Gasteiger partial charge on any atom is -0.299 e. The van der Waals surface area contributed by atoms with Crippen molar-refractivity contribution in [2.24, 2.45) is 11.1 Å². The summed E-state index contributed by atoms with van der Waals surface area (Å²) in [6, 6.07) is 13.4. The zero-order valence-corrected chi connectivity index (χ0v) is 16.0. The number of primary sulfonamides is 1. The molecule has 142 valence electrons. The van der Waals surface area contributed by atoms with Gasteiger partial charge in [0.15, 0.2) is 0 Å². The Hall–Kier alpha value is -2.22. The van der Waals surface area contributed by atoms with E-state index in [0.717, 1.165) is 48.9 Å². The molecule has 27 heavy (non-hydrogen) atoms. The minimum atomic E-state index is -3.66. The lowest BCUT2D eigenvalue weighted by Gasteiger charge is -2.33. The van der Waals surface area contributed by atoms with Crippen LogP contribution in [-0.2, 0) is 23.0 Å². The van der Waals surface area contributed by atoms with E-state index >= 15 is 0 Å². The molecule has 0 radical (unpaired) electrons. The van der Waals surface area contributed by atoms with Crippen LogP contribution in [0.3, 0.4) is 0 Å². The SMILES string of the molecule is NS(=O)(=O)c1cccc(CN2CCC[C@H](Cc3ccc4[nH]ncc4c3)C2)c1. The van der Waals surface area contributed by atoms with Gasteiger partial charge in [0.1, 0.15) is 0 Å². The van der Waals surface area contributed by atoms with Crippen LogP contribution in [0.2, 0.25) is 0 Å². The lowest BCUT2D eigenvalue weighted by Crippen LogP contribution is -2.35. The molecule has 1 aliphatic rings. The molecule has 0 bridgehead atoms. The molecule has 4 rings (SSSR count). The Morgan fingerprint density at radius 1 is 1.19 bits per heavy atom. The number of sulfonamides is 1. The van der Waals surface area contributed by atoms with E-state index in [9.17, 15) is 8.42 Å². The van der Waals surface area contributed by atoms with Crippen LogP contribution in [0.4, 0.5) is 0 Å². The number of nitrogens with two attached hydrogens (primary N) is 1. The minimum absolute atomic E-state index is 0.182. The highest BCUT2D eigenvalue weighted by Gasteiger charge is 2.21. The number of aromatic amines is 1. The van der Waals surface area contributed by atoms with Crippen molar-refractivity contribution < 1.29 is 8.42 Å². The Labute approximate surface area is 159 Å². The Morgan fingerprint density at radius 2 is 2.07 bits per heavy atom. The number of aromatic nitrogens is 2. The van der Waals surface area contributed by atoms with E-state index in [0.29, 0.717) is 5.92 Å². The molecule has 0 amide bonds. The van der Waals surface area contributed by atoms with E-state index < -0.39 is 10.0 Å². The van der Waals surface area contributed by atoms with Gasteiger partial charge in [-0.05, 0) is 67.1 Å². The third-order valence-electron chi connectivity index (χ3n) is 5.27. The quantitative estimate of drug-likeness (QED) is 0.707. The number of fused-ring (bicyclic) bond motifs is 1. The highest BCUT2D eigenvalue weighted by atomic mass is 32.2. The van der Waals surface area contributed by atoms with Crippen molar-refractivity contribution in [1.82, 2.24) is 15.1 Å². The molecule has 0 aliphatic carbocycles. The number of nitrogens with zero attached hydrogens (tertiary/aromatic N) is 2. The van der Waals surface area contributed by atoms with E-state index in [-0.39, 0.29) is 4.90 Å². The third kappa shape index (κ3) is 4.37. The monoisotopic (exact) mass is 384 g/mol. The van der Waals surface area contributed by atoms with Crippen molar-refractivity contribution in [3.63, 3.8) is 0 Å². The first-order valence-corrected chi connectivity index (χ1v) is 10.8. The maximum atomic E-state index is 11.6. The summed E-state index contributed by atoms with van der Waals surface area (Å²) in [5.41, 5.74) is 3.40. The number of hydrogen-bond donors (Lipinski definition) is 2. The van der Waals surface area contributed by atoms with Gasteiger partial charge in [0.2, 0.25) is 10.0 Å². The van der Waals surface area contributed by atoms with Crippen LogP contribution in [-0.4, -0.2) is 36.6 Å². The van der Waals surface area contributed by atoms with E-state index in [1.807, 2.05) is 12.3 Å². The zero-order valence-electron chi connectivity index (χ0n) is 15.1. The van der Waals surface area contributed by atoms with Crippen molar-refractivity contribution in [2.45, 2.75) is 30.7 Å². The van der Waals surface area contributed by atoms with Crippen molar-refractivity contribution >= 4 is 20.9 Å². The molecule has 1 aliphatic heterocycles. The molecule has 0 spiro atoms. The number of likely N-dealkylation sites (tertiary alicyclic amines) is 1. The van der Waals surface area contributed by atoms with Gasteiger partial charge in [0.05, 0.1) is 16.6 Å². The number of H-pyrrole nitrogens is 1. The van der Waals surface area contributed by atoms with Crippen molar-refractivity contribution in [3.05, 3.63) is 59.8 Å². The van der Waals surface area contributed by atoms with E-state index in [1.165, 1.54) is 12.0 Å². The van der Waals surface area contributed by atoms with Crippen LogP contribution in [0.25, 0.3) is 10.9 Å². The normalized spacial score (nSPS) is 18.8. The average molecular weight is 385 g/mol. The standard InChI is InChI=1S/C20H24N4O2S/c21-27(25,26)19-5-1-3-17(11-19)14-24-8-2-4-16(13-24)9-15-6-7-20-18(10-15)12-22-23-20/h1,3,5-7,10-12,16H,2,4,8-9,13-14H2,(H,22,23)(H2,21,25,26)/t16-/m1/s1. The molecular weight excluding hydrogens is 360 g/mol. The van der Waals surface area contributed by atoms with Crippen LogP contribution in [0, 0.1) is 5.92 Å². The van der Waals surface area contributed by atoms with E-state index in [4.69, 9.17) is 5.14 Å². The molecule has 0 unspecified atom stereocenters. The molecule has 0 saturated carbocycles. The van der Waals surface area contributed by atoms with Gasteiger partial charge in [0.25, 0.3) is 0 Å². The Bertz CT molecular complexity index is 1040. The number of nitrogens with one attached hydrogen (secondary N) is 1. The van der Waals surface area contributed by atoms with Gasteiger partial charge in [-0.3, -0.25) is 10.00 Å². The van der Waals surface area contributed by atoms with Crippen molar-refractivity contribution in [2.75, 3.05) is 13.1 Å². The van der Waals surface area contributed by atoms with Crippen LogP contribution < -0.4 is 5.14 Å². The zero-order chi connectivity index (χ0) is 18.9. The first-order valence-electron chi connectivity index (χ1n) is 9.23. The fraction of sp³-hybridized carbons (Fsp3) is 0.350. The molecular formula is C20H24N4O2S. The van der Waals surface area contributed by atoms with E-state index in [2.05, 4.69) is 33.3 Å². The van der Waals surface area contributed by atoms with Crippen molar-refractivity contribution in [1.29, 1.82) is 0 Å². The van der Waals surface area contributed by atoms with Crippen LogP contribution in [0.15, 0.2) is 53.6 Å². The third-order valence-corrected chi connectivity index (χ3v) is 6.18. The smallest absolute Gasteiger partial charge is 0.238 e. The summed E-state index contributed by atoms with van der Waals surface area (Å²) in [5.74, 6) is 0.601. The number of piperidine rings is 1. The van der Waals surface area contributed by atoms with Crippen LogP contribution >= 0.6 is 0 Å². The van der Waals surface area contributed by atoms with Crippen LogP contribution in [0.5, 0.6) is 0 Å². The molecule has 7 heteroatoms. The highest BCUT2D eigenvalue weighted by Crippen LogP contribution is 2.24. The summed E-state index contributed by atoms with van der Waals surface area (Å²) in [6.07, 6.45) is 5.30. The van der Waals surface area contributed by atoms with Gasteiger partial charge in [-0.2, -0.15) is 5.10 Å².